The van der Waals surface area contributed by atoms with Crippen LogP contribution in [0.25, 0.3) is 16.8 Å². The van der Waals surface area contributed by atoms with Crippen molar-refractivity contribution in [3.05, 3.63) is 113 Å². The van der Waals surface area contributed by atoms with E-state index in [1.165, 1.54) is 11.0 Å². The third-order valence-corrected chi connectivity index (χ3v) is 9.19. The van der Waals surface area contributed by atoms with Crippen LogP contribution in [0.15, 0.2) is 102 Å². The van der Waals surface area contributed by atoms with Crippen molar-refractivity contribution in [3.63, 3.8) is 0 Å². The van der Waals surface area contributed by atoms with Crippen molar-refractivity contribution < 1.29 is 24.3 Å². The number of benzene rings is 3. The number of carbonyl (C=O) groups is 4. The molecule has 3 aliphatic carbocycles. The van der Waals surface area contributed by atoms with Crippen molar-refractivity contribution in [2.24, 2.45) is 17.8 Å². The summed E-state index contributed by atoms with van der Waals surface area (Å²) in [5, 5.41) is 13.0. The van der Waals surface area contributed by atoms with Crippen LogP contribution >= 0.6 is 0 Å². The van der Waals surface area contributed by atoms with Gasteiger partial charge in [-0.3, -0.25) is 24.1 Å². The molecule has 0 aromatic heterocycles. The number of aromatic hydroxyl groups is 1. The van der Waals surface area contributed by atoms with Gasteiger partial charge in [0.15, 0.2) is 11.6 Å². The fourth-order valence-electron chi connectivity index (χ4n) is 7.26. The lowest BCUT2D eigenvalue weighted by atomic mass is 9.59. The molecule has 0 saturated carbocycles. The molecule has 1 fully saturated rings. The molecule has 4 aliphatic rings. The number of allylic oxidation sites excluding steroid dienone is 6. The highest BCUT2D eigenvalue weighted by molar-refractivity contribution is 6.25. The molecule has 41 heavy (non-hydrogen) atoms. The Labute approximate surface area is 237 Å². The van der Waals surface area contributed by atoms with Crippen LogP contribution < -0.4 is 4.90 Å². The Kier molecular flexibility index (Phi) is 5.58. The van der Waals surface area contributed by atoms with E-state index in [0.29, 0.717) is 39.8 Å². The number of Topliss-reactive ketones (excluding diaryl/α,β-unsaturated/α-hetero) is 1. The van der Waals surface area contributed by atoms with Gasteiger partial charge in [-0.15, -0.1) is 0 Å². The quantitative estimate of drug-likeness (QED) is 0.256. The number of phenols is 1. The molecule has 1 aliphatic heterocycles. The molecule has 202 valence electrons. The number of nitrogens with zero attached hydrogens (tertiary/aromatic N) is 1. The highest BCUT2D eigenvalue weighted by Gasteiger charge is 2.56. The molecule has 0 radical (unpaired) electrons. The largest absolute Gasteiger partial charge is 0.507 e. The van der Waals surface area contributed by atoms with E-state index in [1.54, 1.807) is 31.2 Å². The summed E-state index contributed by atoms with van der Waals surface area (Å²) < 4.78 is 0. The minimum Gasteiger partial charge on any atom is -0.507 e. The second kappa shape index (κ2) is 9.10. The van der Waals surface area contributed by atoms with Crippen LogP contribution in [0.3, 0.4) is 0 Å². The van der Waals surface area contributed by atoms with Crippen LogP contribution in [0.2, 0.25) is 0 Å². The average molecular weight is 542 g/mol. The summed E-state index contributed by atoms with van der Waals surface area (Å²) in [6.45, 7) is 5.39. The van der Waals surface area contributed by atoms with Crippen LogP contribution in [-0.4, -0.2) is 28.5 Å². The van der Waals surface area contributed by atoms with Gasteiger partial charge in [-0.25, -0.2) is 0 Å². The zero-order chi connectivity index (χ0) is 28.6. The molecule has 1 heterocycles. The Morgan fingerprint density at radius 1 is 0.927 bits per heavy atom. The summed E-state index contributed by atoms with van der Waals surface area (Å²) in [5.41, 5.74) is 3.81. The van der Waals surface area contributed by atoms with Crippen LogP contribution in [0, 0.1) is 17.8 Å². The van der Waals surface area contributed by atoms with E-state index in [-0.39, 0.29) is 35.6 Å². The van der Waals surface area contributed by atoms with E-state index in [2.05, 4.69) is 6.58 Å². The second-order valence-corrected chi connectivity index (χ2v) is 11.3. The first-order valence-electron chi connectivity index (χ1n) is 13.8. The van der Waals surface area contributed by atoms with Crippen LogP contribution in [0.1, 0.15) is 36.8 Å². The summed E-state index contributed by atoms with van der Waals surface area (Å²) in [7, 11) is 0. The van der Waals surface area contributed by atoms with Crippen molar-refractivity contribution in [1.29, 1.82) is 0 Å². The third-order valence-electron chi connectivity index (χ3n) is 9.19. The zero-order valence-electron chi connectivity index (χ0n) is 22.5. The summed E-state index contributed by atoms with van der Waals surface area (Å²) in [5.74, 6) is -3.37. The SMILES string of the molecule is C=Cc1ccc(N2C(=O)C3CC=C4C(c5ccc6ccccc6c5O)C5=C(CC4C3C2=O)C(=O)C(C)=CC5=O)cc1. The maximum absolute atomic E-state index is 14.0. The van der Waals surface area contributed by atoms with Crippen LogP contribution in [-0.2, 0) is 19.2 Å². The standard InChI is InChI=1S/C35H27NO5/c1-3-19-8-11-21(12-9-19)36-34(40)25-15-14-23-26(30(25)35(36)41)17-27-31(28(37)16-18(2)32(27)38)29(23)24-13-10-20-6-4-5-7-22(20)33(24)39/h3-14,16,25-26,29-30,39H,1,15,17H2,2H3. The monoisotopic (exact) mass is 541 g/mol. The summed E-state index contributed by atoms with van der Waals surface area (Å²) in [6.07, 6.45) is 5.57. The van der Waals surface area contributed by atoms with Crippen molar-refractivity contribution >= 4 is 45.9 Å². The molecular weight excluding hydrogens is 514 g/mol. The molecule has 4 unspecified atom stereocenters. The van der Waals surface area contributed by atoms with E-state index < -0.39 is 23.7 Å². The smallest absolute Gasteiger partial charge is 0.238 e. The topological polar surface area (TPSA) is 91.8 Å². The predicted octanol–water partition coefficient (Wildman–Crippen LogP) is 5.82. The number of anilines is 1. The molecule has 7 rings (SSSR count). The van der Waals surface area contributed by atoms with Gasteiger partial charge in [0.05, 0.1) is 17.5 Å². The fraction of sp³-hybridized carbons (Fsp3) is 0.200. The molecule has 0 bridgehead atoms. The minimum absolute atomic E-state index is 0.0490. The number of phenolic OH excluding ortho intramolecular Hbond substituents is 1. The number of ketones is 2. The van der Waals surface area contributed by atoms with Crippen LogP contribution in [0.5, 0.6) is 5.75 Å². The molecule has 4 atom stereocenters. The number of hydrogen-bond donors (Lipinski definition) is 1. The van der Waals surface area contributed by atoms with Gasteiger partial charge in [0.1, 0.15) is 5.75 Å². The van der Waals surface area contributed by atoms with E-state index >= 15 is 0 Å². The first-order chi connectivity index (χ1) is 19.8. The first kappa shape index (κ1) is 25.1. The molecule has 3 aromatic rings. The summed E-state index contributed by atoms with van der Waals surface area (Å²) in [6, 6.07) is 18.3. The Balaban J connectivity index is 1.38. The maximum Gasteiger partial charge on any atom is 0.238 e. The highest BCUT2D eigenvalue weighted by Crippen LogP contribution is 2.56. The Hall–Kier alpha value is -4.84. The lowest BCUT2D eigenvalue weighted by molar-refractivity contribution is -0.123. The highest BCUT2D eigenvalue weighted by atomic mass is 16.3. The molecule has 6 nitrogen and oxygen atoms in total. The molecule has 1 saturated heterocycles. The van der Waals surface area contributed by atoms with Gasteiger partial charge in [-0.1, -0.05) is 72.8 Å². The number of hydrogen-bond acceptors (Lipinski definition) is 5. The molecule has 1 N–H and O–H groups in total. The Morgan fingerprint density at radius 2 is 1.68 bits per heavy atom. The molecule has 0 spiro atoms. The van der Waals surface area contributed by atoms with E-state index in [1.807, 2.05) is 48.5 Å². The van der Waals surface area contributed by atoms with Crippen molar-refractivity contribution in [1.82, 2.24) is 0 Å². The molecule has 6 heteroatoms. The van der Waals surface area contributed by atoms with Gasteiger partial charge < -0.3 is 5.11 Å². The molecule has 2 amide bonds. The van der Waals surface area contributed by atoms with Gasteiger partial charge in [0, 0.05) is 33.6 Å². The van der Waals surface area contributed by atoms with E-state index in [0.717, 1.165) is 16.5 Å². The number of amides is 2. The summed E-state index contributed by atoms with van der Waals surface area (Å²) >= 11 is 0. The van der Waals surface area contributed by atoms with Gasteiger partial charge in [0.2, 0.25) is 11.8 Å². The van der Waals surface area contributed by atoms with E-state index in [9.17, 15) is 24.3 Å². The summed E-state index contributed by atoms with van der Waals surface area (Å²) in [4.78, 5) is 56.0. The second-order valence-electron chi connectivity index (χ2n) is 11.3. The molecular formula is C35H27NO5. The minimum atomic E-state index is -0.695. The van der Waals surface area contributed by atoms with Crippen LogP contribution in [0.4, 0.5) is 5.69 Å². The van der Waals surface area contributed by atoms with Gasteiger partial charge in [-0.2, -0.15) is 0 Å². The van der Waals surface area contributed by atoms with Crippen molar-refractivity contribution in [2.75, 3.05) is 4.90 Å². The van der Waals surface area contributed by atoms with Crippen molar-refractivity contribution in [3.8, 4) is 5.75 Å². The third kappa shape index (κ3) is 3.56. The molecule has 3 aromatic carbocycles. The predicted molar refractivity (Wildman–Crippen MR) is 156 cm³/mol. The maximum atomic E-state index is 14.0. The lowest BCUT2D eigenvalue weighted by Crippen LogP contribution is -2.39. The normalized spacial score (nSPS) is 25.5. The van der Waals surface area contributed by atoms with E-state index in [4.69, 9.17) is 0 Å². The fourth-order valence-corrected chi connectivity index (χ4v) is 7.26. The van der Waals surface area contributed by atoms with Gasteiger partial charge in [0.25, 0.3) is 0 Å². The lowest BCUT2D eigenvalue weighted by Gasteiger charge is -2.42. The first-order valence-corrected chi connectivity index (χ1v) is 13.8. The number of carbonyl (C=O) groups excluding carboxylic acids is 4. The Morgan fingerprint density at radius 3 is 2.44 bits per heavy atom. The Bertz CT molecular complexity index is 1820. The number of rotatable bonds is 3. The average Bonchev–Trinajstić information content (AvgIpc) is 3.25. The van der Waals surface area contributed by atoms with Gasteiger partial charge in [-0.05, 0) is 54.8 Å². The van der Waals surface area contributed by atoms with Crippen molar-refractivity contribution in [2.45, 2.75) is 25.7 Å². The number of fused-ring (bicyclic) bond motifs is 4. The zero-order valence-corrected chi connectivity index (χ0v) is 22.5. The van der Waals surface area contributed by atoms with Gasteiger partial charge >= 0.3 is 0 Å². The number of imide groups is 1.